The Morgan fingerprint density at radius 2 is 2.25 bits per heavy atom. The van der Waals surface area contributed by atoms with Crippen LogP contribution in [0.2, 0.25) is 0 Å². The average Bonchev–Trinajstić information content (AvgIpc) is 2.29. The zero-order valence-electron chi connectivity index (χ0n) is 5.96. The number of imidazole rings is 1. The maximum Gasteiger partial charge on any atom is 0.175 e. The van der Waals surface area contributed by atoms with E-state index in [2.05, 4.69) is 20.9 Å². The van der Waals surface area contributed by atoms with Crippen LogP contribution >= 0.6 is 15.9 Å². The van der Waals surface area contributed by atoms with Gasteiger partial charge in [0.05, 0.1) is 6.20 Å². The van der Waals surface area contributed by atoms with Gasteiger partial charge in [0.2, 0.25) is 0 Å². The second kappa shape index (κ2) is 2.45. The molecule has 0 aromatic carbocycles. The first-order valence-corrected chi connectivity index (χ1v) is 4.05. The lowest BCUT2D eigenvalue weighted by Crippen LogP contribution is -1.87. The molecule has 0 aliphatic rings. The lowest BCUT2D eigenvalue weighted by molar-refractivity contribution is 0.629. The smallest absolute Gasteiger partial charge is 0.175 e. The number of fused-ring (bicyclic) bond motifs is 1. The quantitative estimate of drug-likeness (QED) is 0.749. The number of nitrogens with zero attached hydrogens (tertiary/aromatic N) is 2. The summed E-state index contributed by atoms with van der Waals surface area (Å²) in [6.45, 7) is 0. The lowest BCUT2D eigenvalue weighted by Gasteiger charge is -1.94. The van der Waals surface area contributed by atoms with Gasteiger partial charge in [0.1, 0.15) is 5.82 Å². The van der Waals surface area contributed by atoms with Crippen molar-refractivity contribution in [2.75, 3.05) is 5.73 Å². The summed E-state index contributed by atoms with van der Waals surface area (Å²) in [5.74, 6) is -0.0759. The van der Waals surface area contributed by atoms with Gasteiger partial charge in [-0.2, -0.15) is 0 Å². The maximum atomic E-state index is 13.1. The number of nitrogen functional groups attached to an aromatic ring is 1. The summed E-state index contributed by atoms with van der Waals surface area (Å²) in [6, 6.07) is 1.35. The molecule has 12 heavy (non-hydrogen) atoms. The van der Waals surface area contributed by atoms with Gasteiger partial charge < -0.3 is 10.1 Å². The Morgan fingerprint density at radius 1 is 1.50 bits per heavy atom. The van der Waals surface area contributed by atoms with Gasteiger partial charge in [0, 0.05) is 10.7 Å². The van der Waals surface area contributed by atoms with Crippen molar-refractivity contribution in [3.05, 3.63) is 28.7 Å². The molecular formula is C7H5BrFN3. The SMILES string of the molecule is Nc1cn2cc(Br)cc(F)c2n1. The molecule has 5 heteroatoms. The molecule has 0 aliphatic carbocycles. The number of halogens is 2. The van der Waals surface area contributed by atoms with Crippen LogP contribution in [-0.4, -0.2) is 9.38 Å². The van der Waals surface area contributed by atoms with Crippen molar-refractivity contribution in [3.8, 4) is 0 Å². The summed E-state index contributed by atoms with van der Waals surface area (Å²) < 4.78 is 15.3. The number of nitrogens with two attached hydrogens (primary N) is 1. The first kappa shape index (κ1) is 7.54. The minimum Gasteiger partial charge on any atom is -0.382 e. The van der Waals surface area contributed by atoms with Crippen molar-refractivity contribution >= 4 is 27.4 Å². The van der Waals surface area contributed by atoms with E-state index in [0.29, 0.717) is 10.3 Å². The molecule has 0 radical (unpaired) electrons. The number of aromatic nitrogens is 2. The van der Waals surface area contributed by atoms with Crippen molar-refractivity contribution in [3.63, 3.8) is 0 Å². The van der Waals surface area contributed by atoms with Crippen LogP contribution in [0.15, 0.2) is 22.9 Å². The third kappa shape index (κ3) is 1.06. The Balaban J connectivity index is 2.88. The molecular weight excluding hydrogens is 225 g/mol. The topological polar surface area (TPSA) is 43.3 Å². The predicted octanol–water partition coefficient (Wildman–Crippen LogP) is 1.82. The fourth-order valence-electron chi connectivity index (χ4n) is 1.04. The van der Waals surface area contributed by atoms with Crippen LogP contribution in [-0.2, 0) is 0 Å². The normalized spacial score (nSPS) is 10.8. The third-order valence-corrected chi connectivity index (χ3v) is 1.93. The van der Waals surface area contributed by atoms with Crippen molar-refractivity contribution in [2.45, 2.75) is 0 Å². The Morgan fingerprint density at radius 3 is 3.00 bits per heavy atom. The molecule has 0 amide bonds. The largest absolute Gasteiger partial charge is 0.382 e. The molecule has 2 heterocycles. The molecule has 0 saturated carbocycles. The van der Waals surface area contributed by atoms with E-state index in [9.17, 15) is 4.39 Å². The summed E-state index contributed by atoms with van der Waals surface area (Å²) in [6.07, 6.45) is 3.25. The number of pyridine rings is 1. The minimum atomic E-state index is -0.388. The van der Waals surface area contributed by atoms with Crippen LogP contribution in [0.5, 0.6) is 0 Å². The van der Waals surface area contributed by atoms with Crippen molar-refractivity contribution in [1.82, 2.24) is 9.38 Å². The molecule has 0 unspecified atom stereocenters. The highest BCUT2D eigenvalue weighted by Gasteiger charge is 2.04. The highest BCUT2D eigenvalue weighted by atomic mass is 79.9. The van der Waals surface area contributed by atoms with Gasteiger partial charge in [-0.3, -0.25) is 0 Å². The van der Waals surface area contributed by atoms with E-state index in [4.69, 9.17) is 5.73 Å². The van der Waals surface area contributed by atoms with Gasteiger partial charge in [-0.05, 0) is 22.0 Å². The fourth-order valence-corrected chi connectivity index (χ4v) is 1.46. The molecule has 3 nitrogen and oxygen atoms in total. The molecule has 0 fully saturated rings. The summed E-state index contributed by atoms with van der Waals surface area (Å²) in [7, 11) is 0. The van der Waals surface area contributed by atoms with Crippen LogP contribution in [0.4, 0.5) is 10.2 Å². The molecule has 0 aliphatic heterocycles. The summed E-state index contributed by atoms with van der Waals surface area (Å²) in [4.78, 5) is 3.80. The Bertz CT molecular complexity index is 437. The molecule has 2 N–H and O–H groups in total. The van der Waals surface area contributed by atoms with E-state index in [-0.39, 0.29) is 11.5 Å². The molecule has 0 spiro atoms. The van der Waals surface area contributed by atoms with E-state index in [1.54, 1.807) is 12.4 Å². The lowest BCUT2D eigenvalue weighted by atomic mass is 10.4. The van der Waals surface area contributed by atoms with Gasteiger partial charge in [0.25, 0.3) is 0 Å². The number of hydrogen-bond acceptors (Lipinski definition) is 2. The predicted molar refractivity (Wildman–Crippen MR) is 47.3 cm³/mol. The Hall–Kier alpha value is -1.10. The number of hydrogen-bond donors (Lipinski definition) is 1. The first-order chi connectivity index (χ1) is 5.66. The Kier molecular flexibility index (Phi) is 1.54. The molecule has 2 aromatic rings. The molecule has 2 rings (SSSR count). The van der Waals surface area contributed by atoms with Crippen LogP contribution < -0.4 is 5.73 Å². The second-order valence-corrected chi connectivity index (χ2v) is 3.32. The fraction of sp³-hybridized carbons (Fsp3) is 0. The zero-order chi connectivity index (χ0) is 8.72. The molecule has 2 aromatic heterocycles. The highest BCUT2D eigenvalue weighted by molar-refractivity contribution is 9.10. The molecule has 62 valence electrons. The van der Waals surface area contributed by atoms with Crippen LogP contribution in [0.1, 0.15) is 0 Å². The number of rotatable bonds is 0. The van der Waals surface area contributed by atoms with E-state index < -0.39 is 0 Å². The van der Waals surface area contributed by atoms with E-state index >= 15 is 0 Å². The van der Waals surface area contributed by atoms with E-state index in [0.717, 1.165) is 0 Å². The maximum absolute atomic E-state index is 13.1. The molecule has 0 atom stereocenters. The molecule has 0 saturated heterocycles. The van der Waals surface area contributed by atoms with Gasteiger partial charge in [-0.15, -0.1) is 0 Å². The van der Waals surface area contributed by atoms with Crippen LogP contribution in [0.25, 0.3) is 5.65 Å². The summed E-state index contributed by atoms with van der Waals surface area (Å²) in [5.41, 5.74) is 5.64. The molecule has 0 bridgehead atoms. The minimum absolute atomic E-state index is 0.246. The van der Waals surface area contributed by atoms with Crippen molar-refractivity contribution in [2.24, 2.45) is 0 Å². The van der Waals surface area contributed by atoms with Gasteiger partial charge in [0.15, 0.2) is 11.5 Å². The van der Waals surface area contributed by atoms with Gasteiger partial charge in [-0.1, -0.05) is 0 Å². The average molecular weight is 230 g/mol. The number of anilines is 1. The summed E-state index contributed by atoms with van der Waals surface area (Å²) in [5, 5.41) is 0. The van der Waals surface area contributed by atoms with Gasteiger partial charge >= 0.3 is 0 Å². The first-order valence-electron chi connectivity index (χ1n) is 3.26. The van der Waals surface area contributed by atoms with Crippen molar-refractivity contribution < 1.29 is 4.39 Å². The van der Waals surface area contributed by atoms with E-state index in [1.165, 1.54) is 10.5 Å². The highest BCUT2D eigenvalue weighted by Crippen LogP contribution is 2.16. The monoisotopic (exact) mass is 229 g/mol. The summed E-state index contributed by atoms with van der Waals surface area (Å²) >= 11 is 3.16. The van der Waals surface area contributed by atoms with Gasteiger partial charge in [-0.25, -0.2) is 9.37 Å². The van der Waals surface area contributed by atoms with Crippen LogP contribution in [0.3, 0.4) is 0 Å². The standard InChI is InChI=1S/C7H5BrFN3/c8-4-1-5(9)7-11-6(10)3-12(7)2-4/h1-3H,10H2. The third-order valence-electron chi connectivity index (χ3n) is 1.49. The van der Waals surface area contributed by atoms with Crippen LogP contribution in [0, 0.1) is 5.82 Å². The second-order valence-electron chi connectivity index (χ2n) is 2.40. The zero-order valence-corrected chi connectivity index (χ0v) is 7.55. The van der Waals surface area contributed by atoms with E-state index in [1.807, 2.05) is 0 Å². The van der Waals surface area contributed by atoms with Crippen molar-refractivity contribution in [1.29, 1.82) is 0 Å². The Labute approximate surface area is 76.1 Å².